The van der Waals surface area contributed by atoms with Gasteiger partial charge in [-0.05, 0) is 54.0 Å². The van der Waals surface area contributed by atoms with Gasteiger partial charge in [0.2, 0.25) is 0 Å². The van der Waals surface area contributed by atoms with Crippen molar-refractivity contribution in [1.29, 1.82) is 0 Å². The van der Waals surface area contributed by atoms with Crippen LogP contribution in [0.1, 0.15) is 28.0 Å². The molecule has 0 atom stereocenters. The van der Waals surface area contributed by atoms with E-state index in [-0.39, 0.29) is 5.69 Å². The molecule has 0 bridgehead atoms. The number of carbonyl (C=O) groups is 1. The van der Waals surface area contributed by atoms with Gasteiger partial charge in [0.1, 0.15) is 11.4 Å². The zero-order valence-electron chi connectivity index (χ0n) is 18.5. The number of rotatable bonds is 7. The highest BCUT2D eigenvalue weighted by Gasteiger charge is 2.17. The number of hydrogen-bond acceptors (Lipinski definition) is 2. The molecule has 164 valence electrons. The summed E-state index contributed by atoms with van der Waals surface area (Å²) in [7, 11) is 0. The molecule has 0 unspecified atom stereocenters. The molecular formula is C29H25NO3. The van der Waals surface area contributed by atoms with E-state index in [0.717, 1.165) is 50.5 Å². The number of carboxylic acid groups (broad SMARTS) is 1. The number of fused-ring (bicyclic) bond motifs is 2. The summed E-state index contributed by atoms with van der Waals surface area (Å²) in [6.45, 7) is 2.58. The third-order valence-corrected chi connectivity index (χ3v) is 6.08. The zero-order chi connectivity index (χ0) is 22.8. The summed E-state index contributed by atoms with van der Waals surface area (Å²) >= 11 is 0. The lowest BCUT2D eigenvalue weighted by molar-refractivity contribution is 0.0690. The van der Waals surface area contributed by atoms with Gasteiger partial charge in [0.05, 0.1) is 6.61 Å². The van der Waals surface area contributed by atoms with Gasteiger partial charge in [0.15, 0.2) is 0 Å². The van der Waals surface area contributed by atoms with E-state index in [9.17, 15) is 9.90 Å². The highest BCUT2D eigenvalue weighted by atomic mass is 16.5. The van der Waals surface area contributed by atoms with Crippen molar-refractivity contribution in [2.75, 3.05) is 6.61 Å². The Bertz CT molecular complexity index is 1440. The number of aromatic nitrogens is 1. The maximum absolute atomic E-state index is 11.9. The molecule has 0 saturated heterocycles. The first-order valence-corrected chi connectivity index (χ1v) is 11.2. The fraction of sp³-hybridized carbons (Fsp3) is 0.138. The third kappa shape index (κ3) is 4.20. The van der Waals surface area contributed by atoms with Crippen molar-refractivity contribution in [1.82, 2.24) is 4.98 Å². The van der Waals surface area contributed by atoms with Gasteiger partial charge >= 0.3 is 5.97 Å². The minimum atomic E-state index is -0.937. The molecule has 0 spiro atoms. The lowest BCUT2D eigenvalue weighted by Gasteiger charge is -2.09. The second kappa shape index (κ2) is 8.83. The highest BCUT2D eigenvalue weighted by molar-refractivity contribution is 5.98. The Morgan fingerprint density at radius 1 is 0.879 bits per heavy atom. The fourth-order valence-corrected chi connectivity index (χ4v) is 4.38. The Morgan fingerprint density at radius 3 is 2.45 bits per heavy atom. The monoisotopic (exact) mass is 435 g/mol. The van der Waals surface area contributed by atoms with Crippen LogP contribution in [0, 0.1) is 6.92 Å². The fourth-order valence-electron chi connectivity index (χ4n) is 4.38. The highest BCUT2D eigenvalue weighted by Crippen LogP contribution is 2.30. The van der Waals surface area contributed by atoms with Crippen LogP contribution in [-0.4, -0.2) is 22.7 Å². The van der Waals surface area contributed by atoms with Crippen molar-refractivity contribution in [3.63, 3.8) is 0 Å². The van der Waals surface area contributed by atoms with Crippen LogP contribution in [-0.2, 0) is 6.42 Å². The maximum Gasteiger partial charge on any atom is 0.352 e. The van der Waals surface area contributed by atoms with Crippen LogP contribution in [0.3, 0.4) is 0 Å². The molecule has 0 aliphatic rings. The number of aryl methyl sites for hydroxylation is 2. The molecule has 5 aromatic rings. The van der Waals surface area contributed by atoms with Crippen LogP contribution < -0.4 is 4.74 Å². The Hall–Kier alpha value is -4.05. The number of aromatic amines is 1. The van der Waals surface area contributed by atoms with Crippen LogP contribution in [0.5, 0.6) is 5.75 Å². The van der Waals surface area contributed by atoms with Gasteiger partial charge < -0.3 is 14.8 Å². The SMILES string of the molecule is Cc1ccc(-c2ccc3c(CCCOc4cccc5ccccc45)c(C(=O)O)[nH]c3c2)cc1. The summed E-state index contributed by atoms with van der Waals surface area (Å²) in [5.41, 5.74) is 5.31. The Morgan fingerprint density at radius 2 is 1.64 bits per heavy atom. The molecule has 0 aliphatic carbocycles. The van der Waals surface area contributed by atoms with Crippen LogP contribution >= 0.6 is 0 Å². The largest absolute Gasteiger partial charge is 0.493 e. The molecule has 2 N–H and O–H groups in total. The molecular weight excluding hydrogens is 410 g/mol. The summed E-state index contributed by atoms with van der Waals surface area (Å²) in [5, 5.41) is 13.0. The molecule has 4 nitrogen and oxygen atoms in total. The maximum atomic E-state index is 11.9. The molecule has 0 fully saturated rings. The van der Waals surface area contributed by atoms with E-state index in [4.69, 9.17) is 4.74 Å². The van der Waals surface area contributed by atoms with Gasteiger partial charge in [-0.15, -0.1) is 0 Å². The van der Waals surface area contributed by atoms with Gasteiger partial charge in [-0.25, -0.2) is 4.79 Å². The zero-order valence-corrected chi connectivity index (χ0v) is 18.5. The molecule has 1 heterocycles. The molecule has 0 saturated carbocycles. The summed E-state index contributed by atoms with van der Waals surface area (Å²) in [6, 6.07) is 28.6. The standard InChI is InChI=1S/C29H25NO3/c1-19-11-13-20(14-12-19)22-15-16-24-25(28(29(31)32)30-26(24)18-22)9-5-17-33-27-10-4-7-21-6-2-3-8-23(21)27/h2-4,6-8,10-16,18,30H,5,9,17H2,1H3,(H,31,32). The number of carboxylic acids is 1. The van der Waals surface area contributed by atoms with Crippen molar-refractivity contribution >= 4 is 27.6 Å². The van der Waals surface area contributed by atoms with E-state index in [1.165, 1.54) is 5.56 Å². The van der Waals surface area contributed by atoms with Gasteiger partial charge in [-0.2, -0.15) is 0 Å². The van der Waals surface area contributed by atoms with Gasteiger partial charge in [0, 0.05) is 16.3 Å². The van der Waals surface area contributed by atoms with Crippen molar-refractivity contribution < 1.29 is 14.6 Å². The van der Waals surface area contributed by atoms with Crippen LogP contribution in [0.4, 0.5) is 0 Å². The van der Waals surface area contributed by atoms with E-state index >= 15 is 0 Å². The second-order valence-corrected chi connectivity index (χ2v) is 8.34. The molecule has 1 aromatic heterocycles. The average Bonchev–Trinajstić information content (AvgIpc) is 3.20. The minimum Gasteiger partial charge on any atom is -0.493 e. The molecule has 0 aliphatic heterocycles. The van der Waals surface area contributed by atoms with E-state index < -0.39 is 5.97 Å². The summed E-state index contributed by atoms with van der Waals surface area (Å²) in [4.78, 5) is 15.0. The van der Waals surface area contributed by atoms with Crippen molar-refractivity contribution in [3.05, 3.63) is 102 Å². The Kier molecular flexibility index (Phi) is 5.57. The lowest BCUT2D eigenvalue weighted by Crippen LogP contribution is -2.04. The van der Waals surface area contributed by atoms with Crippen LogP contribution in [0.2, 0.25) is 0 Å². The van der Waals surface area contributed by atoms with Crippen molar-refractivity contribution in [2.24, 2.45) is 0 Å². The average molecular weight is 436 g/mol. The van der Waals surface area contributed by atoms with E-state index in [1.54, 1.807) is 0 Å². The summed E-state index contributed by atoms with van der Waals surface area (Å²) in [5.74, 6) is -0.0821. The number of H-pyrrole nitrogens is 1. The van der Waals surface area contributed by atoms with E-state index in [2.05, 4.69) is 60.4 Å². The topological polar surface area (TPSA) is 62.3 Å². The van der Waals surface area contributed by atoms with Crippen molar-refractivity contribution in [2.45, 2.75) is 19.8 Å². The van der Waals surface area contributed by atoms with Gasteiger partial charge in [0.25, 0.3) is 0 Å². The second-order valence-electron chi connectivity index (χ2n) is 8.34. The molecule has 0 amide bonds. The van der Waals surface area contributed by atoms with E-state index in [1.807, 2.05) is 36.4 Å². The molecule has 0 radical (unpaired) electrons. The first kappa shape index (κ1) is 20.8. The number of hydrogen-bond donors (Lipinski definition) is 2. The quantitative estimate of drug-likeness (QED) is 0.270. The van der Waals surface area contributed by atoms with Gasteiger partial charge in [-0.3, -0.25) is 0 Å². The summed E-state index contributed by atoms with van der Waals surface area (Å²) in [6.07, 6.45) is 1.34. The minimum absolute atomic E-state index is 0.260. The van der Waals surface area contributed by atoms with E-state index in [0.29, 0.717) is 13.0 Å². The first-order valence-electron chi connectivity index (χ1n) is 11.2. The number of benzene rings is 4. The number of ether oxygens (including phenoxy) is 1. The van der Waals surface area contributed by atoms with Crippen molar-refractivity contribution in [3.8, 4) is 16.9 Å². The van der Waals surface area contributed by atoms with Crippen LogP contribution in [0.15, 0.2) is 84.9 Å². The molecule has 4 aromatic carbocycles. The van der Waals surface area contributed by atoms with Crippen LogP contribution in [0.25, 0.3) is 32.8 Å². The molecule has 5 rings (SSSR count). The number of aromatic carboxylic acids is 1. The van der Waals surface area contributed by atoms with Gasteiger partial charge in [-0.1, -0.05) is 78.4 Å². The Balaban J connectivity index is 1.36. The summed E-state index contributed by atoms with van der Waals surface area (Å²) < 4.78 is 6.06. The third-order valence-electron chi connectivity index (χ3n) is 6.08. The Labute approximate surface area is 192 Å². The lowest BCUT2D eigenvalue weighted by atomic mass is 10.0. The normalized spacial score (nSPS) is 11.2. The molecule has 4 heteroatoms. The first-order chi connectivity index (χ1) is 16.1. The number of nitrogens with one attached hydrogen (secondary N) is 1. The predicted molar refractivity (Wildman–Crippen MR) is 133 cm³/mol. The molecule has 33 heavy (non-hydrogen) atoms. The smallest absolute Gasteiger partial charge is 0.352 e. The predicted octanol–water partition coefficient (Wildman–Crippen LogP) is 7.01.